The minimum atomic E-state index is -0.0709. The number of aromatic nitrogens is 1. The summed E-state index contributed by atoms with van der Waals surface area (Å²) in [5, 5.41) is 0. The molecule has 0 aromatic carbocycles. The van der Waals surface area contributed by atoms with E-state index in [9.17, 15) is 4.79 Å². The van der Waals surface area contributed by atoms with Crippen LogP contribution in [0.1, 0.15) is 37.7 Å². The highest BCUT2D eigenvalue weighted by Crippen LogP contribution is 2.30. The van der Waals surface area contributed by atoms with Crippen LogP contribution in [0.4, 0.5) is 0 Å². The van der Waals surface area contributed by atoms with Gasteiger partial charge >= 0.3 is 0 Å². The monoisotopic (exact) mass is 349 g/mol. The summed E-state index contributed by atoms with van der Waals surface area (Å²) in [6.07, 6.45) is 2.57. The molecule has 1 aromatic rings. The van der Waals surface area contributed by atoms with Crippen molar-refractivity contribution in [3.8, 4) is 5.75 Å². The Hall–Kier alpha value is -1.04. The van der Waals surface area contributed by atoms with E-state index in [2.05, 4.69) is 11.9 Å². The number of pyridine rings is 1. The molecule has 7 heteroatoms. The maximum atomic E-state index is 12.6. The van der Waals surface area contributed by atoms with Crippen molar-refractivity contribution < 1.29 is 9.53 Å². The van der Waals surface area contributed by atoms with Crippen molar-refractivity contribution in [3.05, 3.63) is 24.0 Å². The van der Waals surface area contributed by atoms with Gasteiger partial charge in [-0.3, -0.25) is 4.79 Å². The van der Waals surface area contributed by atoms with Crippen LogP contribution in [0.3, 0.4) is 0 Å². The summed E-state index contributed by atoms with van der Waals surface area (Å²) in [6.45, 7) is 7.98. The number of likely N-dealkylation sites (tertiary alicyclic amines) is 1. The first-order valence-corrected chi connectivity index (χ1v) is 7.06. The molecule has 1 fully saturated rings. The lowest BCUT2D eigenvalue weighted by Gasteiger charge is -2.23. The van der Waals surface area contributed by atoms with Gasteiger partial charge < -0.3 is 15.4 Å². The topological polar surface area (TPSA) is 68.5 Å². The van der Waals surface area contributed by atoms with Gasteiger partial charge in [-0.1, -0.05) is 6.92 Å². The Bertz CT molecular complexity index is 499. The summed E-state index contributed by atoms with van der Waals surface area (Å²) >= 11 is 0. The van der Waals surface area contributed by atoms with Gasteiger partial charge in [0.15, 0.2) is 11.4 Å². The number of hydrogen-bond acceptors (Lipinski definition) is 4. The fourth-order valence-electron chi connectivity index (χ4n) is 2.41. The number of amides is 1. The zero-order chi connectivity index (χ0) is 14.8. The second-order valence-electron chi connectivity index (χ2n) is 6.01. The van der Waals surface area contributed by atoms with Gasteiger partial charge in [-0.2, -0.15) is 0 Å². The molecule has 0 aliphatic carbocycles. The van der Waals surface area contributed by atoms with E-state index in [1.807, 2.05) is 18.7 Å². The highest BCUT2D eigenvalue weighted by atomic mass is 35.5. The molecule has 2 heterocycles. The Morgan fingerprint density at radius 2 is 2.18 bits per heavy atom. The highest BCUT2D eigenvalue weighted by molar-refractivity contribution is 5.95. The maximum Gasteiger partial charge on any atom is 0.276 e. The van der Waals surface area contributed by atoms with E-state index in [1.165, 1.54) is 0 Å². The van der Waals surface area contributed by atoms with E-state index in [1.54, 1.807) is 18.3 Å². The van der Waals surface area contributed by atoms with Crippen LogP contribution in [0.25, 0.3) is 0 Å². The number of nitrogens with two attached hydrogens (primary N) is 1. The predicted octanol–water partition coefficient (Wildman–Crippen LogP) is 2.52. The van der Waals surface area contributed by atoms with E-state index in [0.717, 1.165) is 13.0 Å². The van der Waals surface area contributed by atoms with E-state index in [4.69, 9.17) is 10.5 Å². The lowest BCUT2D eigenvalue weighted by atomic mass is 9.90. The molecule has 1 aliphatic rings. The number of halogens is 2. The number of carbonyl (C=O) groups is 1. The van der Waals surface area contributed by atoms with Gasteiger partial charge in [-0.05, 0) is 44.4 Å². The van der Waals surface area contributed by atoms with E-state index < -0.39 is 0 Å². The molecule has 1 unspecified atom stereocenters. The van der Waals surface area contributed by atoms with Crippen molar-refractivity contribution in [2.75, 3.05) is 19.6 Å². The molecule has 1 aromatic heterocycles. The Morgan fingerprint density at radius 3 is 2.73 bits per heavy atom. The Balaban J connectivity index is 0.00000220. The van der Waals surface area contributed by atoms with Crippen LogP contribution < -0.4 is 10.5 Å². The number of ether oxygens (including phenoxy) is 1. The largest absolute Gasteiger partial charge is 0.489 e. The summed E-state index contributed by atoms with van der Waals surface area (Å²) in [5.74, 6) is 0.479. The fourth-order valence-corrected chi connectivity index (χ4v) is 2.41. The smallest absolute Gasteiger partial charge is 0.276 e. The van der Waals surface area contributed by atoms with Crippen molar-refractivity contribution in [2.45, 2.75) is 33.3 Å². The molecule has 1 aliphatic heterocycles. The molecule has 1 saturated heterocycles. The van der Waals surface area contributed by atoms with Crippen LogP contribution in [0.15, 0.2) is 18.3 Å². The third-order valence-electron chi connectivity index (χ3n) is 3.67. The zero-order valence-corrected chi connectivity index (χ0v) is 14.9. The first-order valence-electron chi connectivity index (χ1n) is 7.06. The molecule has 0 saturated carbocycles. The first kappa shape index (κ1) is 21.0. The standard InChI is InChI=1S/C15H23N3O2.2ClH/c1-11(2)20-12-5-4-7-17-13(12)14(19)18-8-6-15(3,9-16)10-18;;/h4-5,7,11H,6,8-10,16H2,1-3H3;2*1H. The molecule has 0 spiro atoms. The quantitative estimate of drug-likeness (QED) is 0.906. The average molecular weight is 350 g/mol. The van der Waals surface area contributed by atoms with E-state index in [0.29, 0.717) is 24.5 Å². The van der Waals surface area contributed by atoms with Gasteiger partial charge in [0, 0.05) is 19.3 Å². The average Bonchev–Trinajstić information content (AvgIpc) is 2.81. The Morgan fingerprint density at radius 1 is 1.50 bits per heavy atom. The van der Waals surface area contributed by atoms with Gasteiger partial charge in [0.25, 0.3) is 5.91 Å². The molecule has 1 atom stereocenters. The molecular weight excluding hydrogens is 325 g/mol. The van der Waals surface area contributed by atoms with Crippen molar-refractivity contribution in [1.29, 1.82) is 0 Å². The van der Waals surface area contributed by atoms with Gasteiger partial charge in [0.1, 0.15) is 0 Å². The maximum absolute atomic E-state index is 12.6. The van der Waals surface area contributed by atoms with Gasteiger partial charge in [0.05, 0.1) is 6.10 Å². The molecule has 1 amide bonds. The zero-order valence-electron chi connectivity index (χ0n) is 13.2. The molecule has 2 rings (SSSR count). The third kappa shape index (κ3) is 4.73. The molecule has 0 radical (unpaired) electrons. The van der Waals surface area contributed by atoms with E-state index in [-0.39, 0.29) is 42.2 Å². The highest BCUT2D eigenvalue weighted by Gasteiger charge is 2.36. The van der Waals surface area contributed by atoms with Crippen LogP contribution in [0.5, 0.6) is 5.75 Å². The molecule has 2 N–H and O–H groups in total. The fraction of sp³-hybridized carbons (Fsp3) is 0.600. The van der Waals surface area contributed by atoms with Crippen molar-refractivity contribution >= 4 is 30.7 Å². The van der Waals surface area contributed by atoms with Gasteiger partial charge in [-0.25, -0.2) is 4.98 Å². The van der Waals surface area contributed by atoms with Crippen LogP contribution in [-0.2, 0) is 0 Å². The minimum absolute atomic E-state index is 0. The number of carbonyl (C=O) groups excluding carboxylic acids is 1. The number of hydrogen-bond donors (Lipinski definition) is 1. The number of rotatable bonds is 4. The molecule has 22 heavy (non-hydrogen) atoms. The van der Waals surface area contributed by atoms with Crippen molar-refractivity contribution in [3.63, 3.8) is 0 Å². The van der Waals surface area contributed by atoms with Gasteiger partial charge in [0.2, 0.25) is 0 Å². The first-order chi connectivity index (χ1) is 9.45. The lowest BCUT2D eigenvalue weighted by Crippen LogP contribution is -2.35. The second kappa shape index (κ2) is 8.56. The van der Waals surface area contributed by atoms with Crippen LogP contribution in [-0.4, -0.2) is 41.5 Å². The van der Waals surface area contributed by atoms with Crippen LogP contribution in [0.2, 0.25) is 0 Å². The predicted molar refractivity (Wildman–Crippen MR) is 92.2 cm³/mol. The molecular formula is C15H25Cl2N3O2. The molecule has 5 nitrogen and oxygen atoms in total. The van der Waals surface area contributed by atoms with Crippen molar-refractivity contribution in [1.82, 2.24) is 9.88 Å². The molecule has 0 bridgehead atoms. The summed E-state index contributed by atoms with van der Waals surface area (Å²) in [7, 11) is 0. The van der Waals surface area contributed by atoms with Crippen LogP contribution in [0, 0.1) is 5.41 Å². The minimum Gasteiger partial charge on any atom is -0.489 e. The SMILES string of the molecule is CC(C)Oc1cccnc1C(=O)N1CCC(C)(CN)C1.Cl.Cl. The van der Waals surface area contributed by atoms with Crippen molar-refractivity contribution in [2.24, 2.45) is 11.1 Å². The van der Waals surface area contributed by atoms with Crippen LogP contribution >= 0.6 is 24.8 Å². The summed E-state index contributed by atoms with van der Waals surface area (Å²) in [6, 6.07) is 3.57. The van der Waals surface area contributed by atoms with E-state index >= 15 is 0 Å². The van der Waals surface area contributed by atoms with Gasteiger partial charge in [-0.15, -0.1) is 24.8 Å². The summed E-state index contributed by atoms with van der Waals surface area (Å²) < 4.78 is 5.67. The third-order valence-corrected chi connectivity index (χ3v) is 3.67. The summed E-state index contributed by atoms with van der Waals surface area (Å²) in [4.78, 5) is 18.6. The second-order valence-corrected chi connectivity index (χ2v) is 6.01. The Labute approximate surface area is 144 Å². The normalized spacial score (nSPS) is 20.3. The lowest BCUT2D eigenvalue weighted by molar-refractivity contribution is 0.0764. The Kier molecular flexibility index (Phi) is 8.15. The summed E-state index contributed by atoms with van der Waals surface area (Å²) in [5.41, 5.74) is 6.20. The number of nitrogens with zero attached hydrogens (tertiary/aromatic N) is 2. The molecule has 126 valence electrons.